The van der Waals surface area contributed by atoms with Crippen molar-refractivity contribution in [2.45, 2.75) is 38.3 Å². The average molecular weight is 428 g/mol. The Labute approximate surface area is 186 Å². The van der Waals surface area contributed by atoms with E-state index in [0.717, 1.165) is 24.2 Å². The van der Waals surface area contributed by atoms with Gasteiger partial charge in [0.05, 0.1) is 23.4 Å². The molecule has 1 aliphatic carbocycles. The van der Waals surface area contributed by atoms with Gasteiger partial charge in [-0.05, 0) is 62.1 Å². The smallest absolute Gasteiger partial charge is 0.261 e. The number of furan rings is 1. The summed E-state index contributed by atoms with van der Waals surface area (Å²) in [7, 11) is 0. The quantitative estimate of drug-likeness (QED) is 0.520. The molecule has 1 saturated carbocycles. The molecule has 2 aliphatic rings. The standard InChI is InChI=1S/C26H24N2O4/c1-17(23-8-5-15-32-23)28(20-10-11-20)24(29)19-9-12-21-22(16-19)26(31)27(25(21)30)14-13-18-6-3-2-4-7-18/h2-9,12,15-17,20H,10-11,13-14H2,1H3. The summed E-state index contributed by atoms with van der Waals surface area (Å²) in [5.74, 6) is -0.0671. The summed E-state index contributed by atoms with van der Waals surface area (Å²) < 4.78 is 5.52. The van der Waals surface area contributed by atoms with Gasteiger partial charge in [-0.15, -0.1) is 0 Å². The minimum atomic E-state index is -0.340. The molecule has 32 heavy (non-hydrogen) atoms. The van der Waals surface area contributed by atoms with Crippen molar-refractivity contribution >= 4 is 17.7 Å². The molecule has 1 aromatic heterocycles. The number of nitrogens with zero attached hydrogens (tertiary/aromatic N) is 2. The van der Waals surface area contributed by atoms with E-state index in [1.165, 1.54) is 4.90 Å². The molecule has 3 amide bonds. The van der Waals surface area contributed by atoms with Gasteiger partial charge in [0.25, 0.3) is 17.7 Å². The summed E-state index contributed by atoms with van der Waals surface area (Å²) in [5, 5.41) is 0. The highest BCUT2D eigenvalue weighted by molar-refractivity contribution is 6.22. The van der Waals surface area contributed by atoms with Gasteiger partial charge in [-0.3, -0.25) is 19.3 Å². The molecule has 1 atom stereocenters. The van der Waals surface area contributed by atoms with Crippen LogP contribution in [0, 0.1) is 0 Å². The van der Waals surface area contributed by atoms with Crippen LogP contribution in [0.5, 0.6) is 0 Å². The lowest BCUT2D eigenvalue weighted by Crippen LogP contribution is -2.35. The van der Waals surface area contributed by atoms with Crippen molar-refractivity contribution in [2.24, 2.45) is 0 Å². The number of carbonyl (C=O) groups excluding carboxylic acids is 3. The Morgan fingerprint density at radius 2 is 1.78 bits per heavy atom. The molecule has 0 N–H and O–H groups in total. The summed E-state index contributed by atoms with van der Waals surface area (Å²) in [6.45, 7) is 2.26. The number of imide groups is 1. The zero-order valence-corrected chi connectivity index (χ0v) is 17.9. The molecule has 2 heterocycles. The number of rotatable bonds is 7. The number of carbonyl (C=O) groups is 3. The predicted octanol–water partition coefficient (Wildman–Crippen LogP) is 4.48. The van der Waals surface area contributed by atoms with Crippen molar-refractivity contribution in [1.82, 2.24) is 9.80 Å². The van der Waals surface area contributed by atoms with E-state index in [2.05, 4.69) is 0 Å². The third-order valence-electron chi connectivity index (χ3n) is 6.23. The lowest BCUT2D eigenvalue weighted by Gasteiger charge is -2.28. The van der Waals surface area contributed by atoms with Crippen molar-refractivity contribution in [3.8, 4) is 0 Å². The molecule has 1 aliphatic heterocycles. The second kappa shape index (κ2) is 8.11. The Hall–Kier alpha value is -3.67. The molecule has 162 valence electrons. The van der Waals surface area contributed by atoms with E-state index in [1.54, 1.807) is 24.5 Å². The third kappa shape index (κ3) is 3.62. The first-order valence-electron chi connectivity index (χ1n) is 10.9. The molecule has 1 fully saturated rings. The topological polar surface area (TPSA) is 70.8 Å². The zero-order valence-electron chi connectivity index (χ0n) is 17.9. The van der Waals surface area contributed by atoms with E-state index in [0.29, 0.717) is 29.7 Å². The summed E-state index contributed by atoms with van der Waals surface area (Å²) in [5.41, 5.74) is 2.14. The average Bonchev–Trinajstić information content (AvgIpc) is 3.42. The van der Waals surface area contributed by atoms with E-state index >= 15 is 0 Å². The largest absolute Gasteiger partial charge is 0.467 e. The highest BCUT2D eigenvalue weighted by Gasteiger charge is 2.40. The van der Waals surface area contributed by atoms with Crippen LogP contribution in [0.2, 0.25) is 0 Å². The Bertz CT molecular complexity index is 1170. The summed E-state index contributed by atoms with van der Waals surface area (Å²) in [6.07, 6.45) is 4.10. The minimum absolute atomic E-state index is 0.151. The summed E-state index contributed by atoms with van der Waals surface area (Å²) in [4.78, 5) is 42.3. The maximum Gasteiger partial charge on any atom is 0.261 e. The molecule has 0 bridgehead atoms. The van der Waals surface area contributed by atoms with E-state index in [4.69, 9.17) is 4.42 Å². The molecule has 1 unspecified atom stereocenters. The van der Waals surface area contributed by atoms with Gasteiger partial charge in [0.2, 0.25) is 0 Å². The second-order valence-electron chi connectivity index (χ2n) is 8.39. The Morgan fingerprint density at radius 1 is 1.03 bits per heavy atom. The van der Waals surface area contributed by atoms with Gasteiger partial charge in [-0.25, -0.2) is 0 Å². The highest BCUT2D eigenvalue weighted by atomic mass is 16.3. The predicted molar refractivity (Wildman–Crippen MR) is 118 cm³/mol. The van der Waals surface area contributed by atoms with Crippen molar-refractivity contribution < 1.29 is 18.8 Å². The third-order valence-corrected chi connectivity index (χ3v) is 6.23. The first kappa shape index (κ1) is 20.2. The van der Waals surface area contributed by atoms with Crippen LogP contribution in [-0.2, 0) is 6.42 Å². The van der Waals surface area contributed by atoms with Crippen LogP contribution in [0.1, 0.15) is 68.2 Å². The second-order valence-corrected chi connectivity index (χ2v) is 8.39. The Balaban J connectivity index is 1.37. The number of fused-ring (bicyclic) bond motifs is 1. The van der Waals surface area contributed by atoms with Crippen LogP contribution < -0.4 is 0 Å². The van der Waals surface area contributed by atoms with Crippen molar-refractivity contribution in [3.63, 3.8) is 0 Å². The molecule has 3 aromatic rings. The number of benzene rings is 2. The summed E-state index contributed by atoms with van der Waals surface area (Å²) >= 11 is 0. The molecular weight excluding hydrogens is 404 g/mol. The lowest BCUT2D eigenvalue weighted by atomic mass is 10.0. The Kier molecular flexibility index (Phi) is 5.13. The number of amides is 3. The van der Waals surface area contributed by atoms with Crippen LogP contribution in [0.3, 0.4) is 0 Å². The highest BCUT2D eigenvalue weighted by Crippen LogP contribution is 2.36. The van der Waals surface area contributed by atoms with Gasteiger partial charge in [0, 0.05) is 18.2 Å². The first-order chi connectivity index (χ1) is 15.5. The maximum absolute atomic E-state index is 13.4. The lowest BCUT2D eigenvalue weighted by molar-refractivity contribution is 0.0647. The van der Waals surface area contributed by atoms with Crippen LogP contribution in [0.4, 0.5) is 0 Å². The van der Waals surface area contributed by atoms with Gasteiger partial charge < -0.3 is 9.32 Å². The molecule has 0 saturated heterocycles. The molecule has 0 spiro atoms. The van der Waals surface area contributed by atoms with E-state index < -0.39 is 0 Å². The van der Waals surface area contributed by atoms with Gasteiger partial charge in [0.1, 0.15) is 5.76 Å². The SMILES string of the molecule is CC(c1ccco1)N(C(=O)c1ccc2c(c1)C(=O)N(CCc1ccccc1)C2=O)C1CC1. The van der Waals surface area contributed by atoms with Crippen LogP contribution in [0.25, 0.3) is 0 Å². The van der Waals surface area contributed by atoms with Gasteiger partial charge in [0.15, 0.2) is 0 Å². The zero-order chi connectivity index (χ0) is 22.2. The monoisotopic (exact) mass is 428 g/mol. The van der Waals surface area contributed by atoms with Gasteiger partial charge >= 0.3 is 0 Å². The van der Waals surface area contributed by atoms with Gasteiger partial charge in [-0.1, -0.05) is 30.3 Å². The number of hydrogen-bond acceptors (Lipinski definition) is 4. The normalized spacial score (nSPS) is 16.2. The molecule has 0 radical (unpaired) electrons. The summed E-state index contributed by atoms with van der Waals surface area (Å²) in [6, 6.07) is 18.2. The molecular formula is C26H24N2O4. The van der Waals surface area contributed by atoms with E-state index in [9.17, 15) is 14.4 Å². The van der Waals surface area contributed by atoms with Crippen molar-refractivity contribution in [1.29, 1.82) is 0 Å². The number of hydrogen-bond donors (Lipinski definition) is 0. The van der Waals surface area contributed by atoms with Crippen LogP contribution in [0.15, 0.2) is 71.3 Å². The van der Waals surface area contributed by atoms with Crippen LogP contribution in [-0.4, -0.2) is 40.1 Å². The molecule has 6 nitrogen and oxygen atoms in total. The Morgan fingerprint density at radius 3 is 2.47 bits per heavy atom. The fourth-order valence-electron chi connectivity index (χ4n) is 4.34. The minimum Gasteiger partial charge on any atom is -0.467 e. The van der Waals surface area contributed by atoms with Gasteiger partial charge in [-0.2, -0.15) is 0 Å². The first-order valence-corrected chi connectivity index (χ1v) is 10.9. The van der Waals surface area contributed by atoms with Crippen molar-refractivity contribution in [2.75, 3.05) is 6.54 Å². The fraction of sp³-hybridized carbons (Fsp3) is 0.269. The van der Waals surface area contributed by atoms with Crippen LogP contribution >= 0.6 is 0 Å². The van der Waals surface area contributed by atoms with E-state index in [-0.39, 0.29) is 29.8 Å². The maximum atomic E-state index is 13.4. The van der Waals surface area contributed by atoms with E-state index in [1.807, 2.05) is 54.3 Å². The molecule has 6 heteroatoms. The molecule has 5 rings (SSSR count). The fourth-order valence-corrected chi connectivity index (χ4v) is 4.34. The molecule has 2 aromatic carbocycles. The van der Waals surface area contributed by atoms with Crippen molar-refractivity contribution in [3.05, 3.63) is 94.9 Å².